The first-order valence-corrected chi connectivity index (χ1v) is 6.80. The fraction of sp³-hybridized carbons (Fsp3) is 0.438. The van der Waals surface area contributed by atoms with Crippen molar-refractivity contribution in [2.24, 2.45) is 0 Å². The van der Waals surface area contributed by atoms with Crippen LogP contribution in [0.2, 0.25) is 0 Å². The van der Waals surface area contributed by atoms with Crippen LogP contribution in [0, 0.1) is 17.7 Å². The fourth-order valence-electron chi connectivity index (χ4n) is 2.55. The monoisotopic (exact) mass is 275 g/mol. The number of rotatable bonds is 2. The van der Waals surface area contributed by atoms with Gasteiger partial charge in [-0.05, 0) is 31.0 Å². The number of carbonyl (C=O) groups excluding carboxylic acids is 1. The quantitative estimate of drug-likeness (QED) is 0.840. The van der Waals surface area contributed by atoms with Gasteiger partial charge in [0.2, 0.25) is 0 Å². The Labute approximate surface area is 118 Å². The third-order valence-electron chi connectivity index (χ3n) is 3.71. The van der Waals surface area contributed by atoms with Crippen LogP contribution in [-0.2, 0) is 0 Å². The zero-order valence-electron chi connectivity index (χ0n) is 11.5. The van der Waals surface area contributed by atoms with Crippen molar-refractivity contribution < 1.29 is 14.3 Å². The van der Waals surface area contributed by atoms with Crippen LogP contribution in [0.1, 0.15) is 41.6 Å². The lowest BCUT2D eigenvalue weighted by molar-refractivity contribution is 0.0734. The predicted octanol–water partition coefficient (Wildman–Crippen LogP) is 2.18. The van der Waals surface area contributed by atoms with Crippen LogP contribution in [0.3, 0.4) is 0 Å². The Morgan fingerprint density at radius 2 is 2.15 bits per heavy atom. The van der Waals surface area contributed by atoms with E-state index in [9.17, 15) is 9.18 Å². The van der Waals surface area contributed by atoms with Gasteiger partial charge in [-0.15, -0.1) is 0 Å². The summed E-state index contributed by atoms with van der Waals surface area (Å²) in [6.07, 6.45) is 4.33. The van der Waals surface area contributed by atoms with Crippen LogP contribution in [0.25, 0.3) is 0 Å². The number of carbonyl (C=O) groups is 1. The predicted molar refractivity (Wildman–Crippen MR) is 74.7 cm³/mol. The number of aliphatic hydroxyl groups is 1. The second-order valence-corrected chi connectivity index (χ2v) is 5.01. The first kappa shape index (κ1) is 14.5. The number of halogens is 1. The van der Waals surface area contributed by atoms with Gasteiger partial charge in [0.25, 0.3) is 5.91 Å². The van der Waals surface area contributed by atoms with E-state index in [-0.39, 0.29) is 24.1 Å². The highest BCUT2D eigenvalue weighted by Gasteiger charge is 2.24. The third-order valence-corrected chi connectivity index (χ3v) is 3.71. The summed E-state index contributed by atoms with van der Waals surface area (Å²) in [6.45, 7) is -0.315. The van der Waals surface area contributed by atoms with Gasteiger partial charge >= 0.3 is 0 Å². The number of amides is 1. The van der Waals surface area contributed by atoms with E-state index in [1.165, 1.54) is 12.1 Å². The molecule has 1 saturated carbocycles. The van der Waals surface area contributed by atoms with E-state index in [1.54, 1.807) is 18.0 Å². The molecule has 0 spiro atoms. The Balaban J connectivity index is 2.16. The highest BCUT2D eigenvalue weighted by atomic mass is 19.1. The van der Waals surface area contributed by atoms with Crippen molar-refractivity contribution in [3.63, 3.8) is 0 Å². The molecule has 106 valence electrons. The number of benzene rings is 1. The molecule has 0 unspecified atom stereocenters. The minimum absolute atomic E-state index is 0.155. The lowest BCUT2D eigenvalue weighted by Crippen LogP contribution is -2.35. The molecule has 2 rings (SSSR count). The summed E-state index contributed by atoms with van der Waals surface area (Å²) in [4.78, 5) is 14.0. The topological polar surface area (TPSA) is 40.5 Å². The number of nitrogens with zero attached hydrogens (tertiary/aromatic N) is 1. The maximum absolute atomic E-state index is 13.8. The molecule has 3 nitrogen and oxygen atoms in total. The van der Waals surface area contributed by atoms with Crippen LogP contribution in [0.5, 0.6) is 0 Å². The van der Waals surface area contributed by atoms with E-state index in [0.29, 0.717) is 5.56 Å². The average Bonchev–Trinajstić information content (AvgIpc) is 2.98. The van der Waals surface area contributed by atoms with Crippen molar-refractivity contribution in [1.29, 1.82) is 0 Å². The second-order valence-electron chi connectivity index (χ2n) is 5.01. The normalized spacial score (nSPS) is 14.8. The summed E-state index contributed by atoms with van der Waals surface area (Å²) in [5.74, 6) is 4.22. The van der Waals surface area contributed by atoms with Crippen LogP contribution in [0.15, 0.2) is 18.2 Å². The van der Waals surface area contributed by atoms with Gasteiger partial charge in [0, 0.05) is 18.7 Å². The molecule has 20 heavy (non-hydrogen) atoms. The molecular weight excluding hydrogens is 257 g/mol. The highest BCUT2D eigenvalue weighted by Crippen LogP contribution is 2.24. The van der Waals surface area contributed by atoms with E-state index >= 15 is 0 Å². The number of hydrogen-bond donors (Lipinski definition) is 1. The van der Waals surface area contributed by atoms with Crippen LogP contribution in [0.4, 0.5) is 4.39 Å². The first-order valence-electron chi connectivity index (χ1n) is 6.80. The molecule has 0 saturated heterocycles. The van der Waals surface area contributed by atoms with Gasteiger partial charge in [0.05, 0.1) is 5.56 Å². The molecular formula is C16H18FNO2. The van der Waals surface area contributed by atoms with Crippen molar-refractivity contribution in [3.05, 3.63) is 35.1 Å². The minimum atomic E-state index is -0.531. The summed E-state index contributed by atoms with van der Waals surface area (Å²) < 4.78 is 13.8. The third kappa shape index (κ3) is 3.17. The van der Waals surface area contributed by atoms with Gasteiger partial charge in [-0.1, -0.05) is 24.7 Å². The van der Waals surface area contributed by atoms with Gasteiger partial charge in [0.15, 0.2) is 0 Å². The molecule has 1 aromatic carbocycles. The molecule has 1 aliphatic carbocycles. The van der Waals surface area contributed by atoms with E-state index in [0.717, 1.165) is 25.7 Å². The maximum atomic E-state index is 13.8. The molecule has 1 aliphatic rings. The zero-order valence-corrected chi connectivity index (χ0v) is 11.5. The van der Waals surface area contributed by atoms with Crippen LogP contribution in [-0.4, -0.2) is 35.6 Å². The smallest absolute Gasteiger partial charge is 0.253 e. The molecule has 0 heterocycles. The van der Waals surface area contributed by atoms with E-state index in [2.05, 4.69) is 11.8 Å². The molecule has 0 atom stereocenters. The molecule has 1 aromatic rings. The minimum Gasteiger partial charge on any atom is -0.384 e. The molecule has 0 bridgehead atoms. The van der Waals surface area contributed by atoms with E-state index in [4.69, 9.17) is 5.11 Å². The van der Waals surface area contributed by atoms with Gasteiger partial charge in [0.1, 0.15) is 12.4 Å². The van der Waals surface area contributed by atoms with Crippen molar-refractivity contribution in [1.82, 2.24) is 4.90 Å². The number of hydrogen-bond acceptors (Lipinski definition) is 2. The Kier molecular flexibility index (Phi) is 4.75. The lowest BCUT2D eigenvalue weighted by atomic mass is 10.1. The fourth-order valence-corrected chi connectivity index (χ4v) is 2.55. The molecule has 1 N–H and O–H groups in total. The molecule has 0 radical (unpaired) electrons. The van der Waals surface area contributed by atoms with Gasteiger partial charge < -0.3 is 10.0 Å². The molecule has 1 fully saturated rings. The highest BCUT2D eigenvalue weighted by molar-refractivity contribution is 5.94. The lowest BCUT2D eigenvalue weighted by Gasteiger charge is -2.24. The van der Waals surface area contributed by atoms with Crippen LogP contribution >= 0.6 is 0 Å². The maximum Gasteiger partial charge on any atom is 0.253 e. The van der Waals surface area contributed by atoms with Gasteiger partial charge in [-0.3, -0.25) is 4.79 Å². The summed E-state index contributed by atoms with van der Waals surface area (Å²) in [7, 11) is 1.77. The second kappa shape index (κ2) is 6.53. The summed E-state index contributed by atoms with van der Waals surface area (Å²) in [5.41, 5.74) is 0.533. The summed E-state index contributed by atoms with van der Waals surface area (Å²) in [5, 5.41) is 8.60. The Bertz CT molecular complexity index is 553. The average molecular weight is 275 g/mol. The van der Waals surface area contributed by atoms with Crippen molar-refractivity contribution in [2.45, 2.75) is 31.7 Å². The molecule has 1 amide bonds. The van der Waals surface area contributed by atoms with Gasteiger partial charge in [-0.2, -0.15) is 0 Å². The van der Waals surface area contributed by atoms with Crippen molar-refractivity contribution >= 4 is 5.91 Å². The van der Waals surface area contributed by atoms with Gasteiger partial charge in [-0.25, -0.2) is 4.39 Å². The largest absolute Gasteiger partial charge is 0.384 e. The Hall–Kier alpha value is -1.86. The van der Waals surface area contributed by atoms with Crippen LogP contribution < -0.4 is 0 Å². The Morgan fingerprint density at radius 1 is 1.45 bits per heavy atom. The molecule has 0 aliphatic heterocycles. The Morgan fingerprint density at radius 3 is 2.75 bits per heavy atom. The summed E-state index contributed by atoms with van der Waals surface area (Å²) in [6, 6.07) is 4.54. The summed E-state index contributed by atoms with van der Waals surface area (Å²) >= 11 is 0. The zero-order chi connectivity index (χ0) is 14.5. The SMILES string of the molecule is CN(C(=O)c1ccc(C#CCO)c(F)c1)C1CCCC1. The van der Waals surface area contributed by atoms with Crippen molar-refractivity contribution in [2.75, 3.05) is 13.7 Å². The van der Waals surface area contributed by atoms with E-state index < -0.39 is 5.82 Å². The number of aliphatic hydroxyl groups excluding tert-OH is 1. The molecule has 0 aromatic heterocycles. The molecule has 4 heteroatoms. The van der Waals surface area contributed by atoms with Crippen molar-refractivity contribution in [3.8, 4) is 11.8 Å². The van der Waals surface area contributed by atoms with E-state index in [1.807, 2.05) is 0 Å². The first-order chi connectivity index (χ1) is 9.63. The standard InChI is InChI=1S/C16H18FNO2/c1-18(14-6-2-3-7-14)16(20)13-9-8-12(5-4-10-19)15(17)11-13/h8-9,11,14,19H,2-3,6-7,10H2,1H3.